The van der Waals surface area contributed by atoms with E-state index >= 15 is 0 Å². The number of hydrogen-bond acceptors (Lipinski definition) is 3. The molecule has 0 bridgehead atoms. The lowest BCUT2D eigenvalue weighted by molar-refractivity contribution is 0.598. The number of halogens is 1. The molecule has 0 amide bonds. The predicted molar refractivity (Wildman–Crippen MR) is 50.5 cm³/mol. The minimum absolute atomic E-state index is 0.168. The van der Waals surface area contributed by atoms with Gasteiger partial charge in [-0.25, -0.2) is 14.1 Å². The fraction of sp³-hybridized carbons (Fsp3) is 0.111. The Labute approximate surface area is 80.2 Å². The van der Waals surface area contributed by atoms with Crippen molar-refractivity contribution in [3.8, 4) is 5.82 Å². The summed E-state index contributed by atoms with van der Waals surface area (Å²) in [5.74, 6) is 0.105. The van der Waals surface area contributed by atoms with Gasteiger partial charge in [-0.15, -0.1) is 5.10 Å². The third-order valence-corrected chi connectivity index (χ3v) is 1.85. The van der Waals surface area contributed by atoms with Crippen LogP contribution in [0.3, 0.4) is 0 Å². The summed E-state index contributed by atoms with van der Waals surface area (Å²) in [5, 5.41) is 3.93. The summed E-state index contributed by atoms with van der Waals surface area (Å²) in [7, 11) is 0. The van der Waals surface area contributed by atoms with E-state index < -0.39 is 5.82 Å². The smallest absolute Gasteiger partial charge is 0.189 e. The molecule has 2 heterocycles. The predicted octanol–water partition coefficient (Wildman–Crippen LogP) is 1.30. The largest absolute Gasteiger partial charge is 0.382 e. The Morgan fingerprint density at radius 2 is 2.29 bits per heavy atom. The van der Waals surface area contributed by atoms with Crippen LogP contribution < -0.4 is 5.73 Å². The van der Waals surface area contributed by atoms with Gasteiger partial charge in [-0.2, -0.15) is 0 Å². The number of rotatable bonds is 1. The molecule has 0 aromatic carbocycles. The van der Waals surface area contributed by atoms with E-state index in [9.17, 15) is 4.39 Å². The number of nitrogen functional groups attached to an aromatic ring is 1. The highest BCUT2D eigenvalue weighted by Crippen LogP contribution is 2.13. The van der Waals surface area contributed by atoms with Crippen LogP contribution in [0.4, 0.5) is 10.2 Å². The van der Waals surface area contributed by atoms with Crippen molar-refractivity contribution in [2.75, 3.05) is 5.73 Å². The van der Waals surface area contributed by atoms with E-state index in [4.69, 9.17) is 5.73 Å². The topological polar surface area (TPSA) is 56.7 Å². The van der Waals surface area contributed by atoms with Crippen LogP contribution in [-0.2, 0) is 0 Å². The summed E-state index contributed by atoms with van der Waals surface area (Å²) in [6.45, 7) is 1.79. The molecule has 0 spiro atoms. The molecule has 2 N–H and O–H groups in total. The van der Waals surface area contributed by atoms with Crippen molar-refractivity contribution in [3.63, 3.8) is 0 Å². The second-order valence-corrected chi connectivity index (χ2v) is 2.93. The summed E-state index contributed by atoms with van der Waals surface area (Å²) in [5.41, 5.74) is 6.23. The number of aromatic nitrogens is 3. The van der Waals surface area contributed by atoms with Gasteiger partial charge in [0, 0.05) is 18.0 Å². The zero-order valence-electron chi connectivity index (χ0n) is 7.61. The molecule has 0 aliphatic rings. The molecule has 0 aliphatic carbocycles. The molecule has 2 rings (SSSR count). The number of anilines is 1. The highest BCUT2D eigenvalue weighted by atomic mass is 19.1. The fourth-order valence-corrected chi connectivity index (χ4v) is 1.25. The van der Waals surface area contributed by atoms with Crippen LogP contribution in [-0.4, -0.2) is 14.8 Å². The second kappa shape index (κ2) is 3.10. The SMILES string of the molecule is Cc1cc(N)nn1-c1ncccc1F. The normalized spacial score (nSPS) is 10.4. The van der Waals surface area contributed by atoms with Crippen LogP contribution in [0.1, 0.15) is 5.69 Å². The van der Waals surface area contributed by atoms with E-state index in [2.05, 4.69) is 10.1 Å². The molecule has 4 nitrogen and oxygen atoms in total. The van der Waals surface area contributed by atoms with E-state index in [0.717, 1.165) is 5.69 Å². The zero-order chi connectivity index (χ0) is 10.1. The average molecular weight is 192 g/mol. The van der Waals surface area contributed by atoms with E-state index in [-0.39, 0.29) is 5.82 Å². The Morgan fingerprint density at radius 1 is 1.50 bits per heavy atom. The quantitative estimate of drug-likeness (QED) is 0.740. The van der Waals surface area contributed by atoms with Gasteiger partial charge in [0.25, 0.3) is 0 Å². The molecular formula is C9H9FN4. The first-order valence-electron chi connectivity index (χ1n) is 4.11. The minimum Gasteiger partial charge on any atom is -0.382 e. The van der Waals surface area contributed by atoms with Crippen LogP contribution in [0.15, 0.2) is 24.4 Å². The van der Waals surface area contributed by atoms with Crippen LogP contribution in [0, 0.1) is 12.7 Å². The van der Waals surface area contributed by atoms with E-state index in [1.165, 1.54) is 23.0 Å². The monoisotopic (exact) mass is 192 g/mol. The molecule has 0 unspecified atom stereocenters. The number of hydrogen-bond donors (Lipinski definition) is 1. The van der Waals surface area contributed by atoms with Crippen molar-refractivity contribution in [3.05, 3.63) is 35.9 Å². The standard InChI is InChI=1S/C9H9FN4/c1-6-5-8(11)13-14(6)9-7(10)3-2-4-12-9/h2-5H,1H3,(H2,11,13). The van der Waals surface area contributed by atoms with Gasteiger partial charge in [-0.1, -0.05) is 0 Å². The maximum Gasteiger partial charge on any atom is 0.189 e. The summed E-state index contributed by atoms with van der Waals surface area (Å²) < 4.78 is 14.7. The van der Waals surface area contributed by atoms with Crippen molar-refractivity contribution >= 4 is 5.82 Å². The first-order valence-corrected chi connectivity index (χ1v) is 4.11. The zero-order valence-corrected chi connectivity index (χ0v) is 7.61. The van der Waals surface area contributed by atoms with Gasteiger partial charge in [0.05, 0.1) is 0 Å². The third-order valence-electron chi connectivity index (χ3n) is 1.85. The molecule has 2 aromatic heterocycles. The Balaban J connectivity index is 2.60. The third kappa shape index (κ3) is 1.32. The van der Waals surface area contributed by atoms with Crippen LogP contribution in [0.5, 0.6) is 0 Å². The molecule has 0 radical (unpaired) electrons. The molecule has 0 fully saturated rings. The molecule has 2 aromatic rings. The summed E-state index contributed by atoms with van der Waals surface area (Å²) in [6, 6.07) is 4.52. The number of pyridine rings is 1. The lowest BCUT2D eigenvalue weighted by atomic mass is 10.4. The minimum atomic E-state index is -0.418. The molecule has 5 heteroatoms. The average Bonchev–Trinajstić information content (AvgIpc) is 2.46. The van der Waals surface area contributed by atoms with Crippen molar-refractivity contribution < 1.29 is 4.39 Å². The highest BCUT2D eigenvalue weighted by molar-refractivity contribution is 5.35. The van der Waals surface area contributed by atoms with E-state index in [1.54, 1.807) is 13.0 Å². The summed E-state index contributed by atoms with van der Waals surface area (Å²) in [6.07, 6.45) is 1.51. The molecule has 14 heavy (non-hydrogen) atoms. The number of nitrogens with zero attached hydrogens (tertiary/aromatic N) is 3. The Morgan fingerprint density at radius 3 is 2.86 bits per heavy atom. The van der Waals surface area contributed by atoms with E-state index in [1.807, 2.05) is 0 Å². The van der Waals surface area contributed by atoms with Crippen molar-refractivity contribution in [1.29, 1.82) is 0 Å². The van der Waals surface area contributed by atoms with Gasteiger partial charge in [-0.05, 0) is 19.1 Å². The highest BCUT2D eigenvalue weighted by Gasteiger charge is 2.09. The van der Waals surface area contributed by atoms with E-state index in [0.29, 0.717) is 5.82 Å². The number of nitrogens with two attached hydrogens (primary N) is 1. The summed E-state index contributed by atoms with van der Waals surface area (Å²) in [4.78, 5) is 3.89. The molecule has 0 saturated heterocycles. The second-order valence-electron chi connectivity index (χ2n) is 2.93. The van der Waals surface area contributed by atoms with Crippen molar-refractivity contribution in [1.82, 2.24) is 14.8 Å². The van der Waals surface area contributed by atoms with Crippen molar-refractivity contribution in [2.45, 2.75) is 6.92 Å². The van der Waals surface area contributed by atoms with Crippen LogP contribution in [0.2, 0.25) is 0 Å². The van der Waals surface area contributed by atoms with Crippen LogP contribution >= 0.6 is 0 Å². The first-order chi connectivity index (χ1) is 6.68. The van der Waals surface area contributed by atoms with Gasteiger partial charge in [-0.3, -0.25) is 0 Å². The van der Waals surface area contributed by atoms with Gasteiger partial charge in [0.2, 0.25) is 0 Å². The maximum absolute atomic E-state index is 13.3. The Kier molecular flexibility index (Phi) is 1.92. The van der Waals surface area contributed by atoms with Gasteiger partial charge < -0.3 is 5.73 Å². The molecule has 0 atom stereocenters. The summed E-state index contributed by atoms with van der Waals surface area (Å²) >= 11 is 0. The molecule has 0 aliphatic heterocycles. The Hall–Kier alpha value is -1.91. The molecule has 0 saturated carbocycles. The lowest BCUT2D eigenvalue weighted by Crippen LogP contribution is -2.04. The first kappa shape index (κ1) is 8.68. The van der Waals surface area contributed by atoms with Crippen LogP contribution in [0.25, 0.3) is 5.82 Å². The number of aryl methyl sites for hydroxylation is 1. The molecule has 72 valence electrons. The lowest BCUT2D eigenvalue weighted by Gasteiger charge is -2.02. The Bertz CT molecular complexity index is 464. The molecular weight excluding hydrogens is 183 g/mol. The maximum atomic E-state index is 13.3. The van der Waals surface area contributed by atoms with Gasteiger partial charge in [0.15, 0.2) is 11.6 Å². The van der Waals surface area contributed by atoms with Gasteiger partial charge in [0.1, 0.15) is 5.82 Å². The van der Waals surface area contributed by atoms with Gasteiger partial charge >= 0.3 is 0 Å². The fourth-order valence-electron chi connectivity index (χ4n) is 1.25. The van der Waals surface area contributed by atoms with Crippen molar-refractivity contribution in [2.24, 2.45) is 0 Å².